The van der Waals surface area contributed by atoms with Gasteiger partial charge in [0, 0.05) is 18.4 Å². The molecular formula is C12H20N2+2. The Morgan fingerprint density at radius 2 is 1.79 bits per heavy atom. The Labute approximate surface area is 85.7 Å². The van der Waals surface area contributed by atoms with E-state index in [2.05, 4.69) is 36.1 Å². The lowest BCUT2D eigenvalue weighted by atomic mass is 10.1. The van der Waals surface area contributed by atoms with Crippen molar-refractivity contribution in [3.8, 4) is 0 Å². The fourth-order valence-corrected chi connectivity index (χ4v) is 2.47. The van der Waals surface area contributed by atoms with Gasteiger partial charge in [0.2, 0.25) is 0 Å². The number of likely N-dealkylation sites (tertiary alicyclic amines) is 1. The van der Waals surface area contributed by atoms with E-state index in [1.807, 2.05) is 0 Å². The van der Waals surface area contributed by atoms with E-state index in [1.54, 1.807) is 4.90 Å². The van der Waals surface area contributed by atoms with E-state index >= 15 is 0 Å². The van der Waals surface area contributed by atoms with Crippen LogP contribution in [0.1, 0.15) is 24.4 Å². The zero-order valence-electron chi connectivity index (χ0n) is 8.71. The molecule has 0 spiro atoms. The maximum Gasteiger partial charge on any atom is 0.162 e. The summed E-state index contributed by atoms with van der Waals surface area (Å²) in [5.41, 5.74) is 5.54. The van der Waals surface area contributed by atoms with Crippen molar-refractivity contribution in [1.82, 2.24) is 0 Å². The van der Waals surface area contributed by atoms with Crippen molar-refractivity contribution in [2.24, 2.45) is 0 Å². The summed E-state index contributed by atoms with van der Waals surface area (Å²) >= 11 is 0. The van der Waals surface area contributed by atoms with Crippen LogP contribution in [-0.2, 0) is 0 Å². The molecule has 1 atom stereocenters. The summed E-state index contributed by atoms with van der Waals surface area (Å²) in [7, 11) is 0. The standard InChI is InChI=1S/C12H18N2/c13-10-12(14-8-4-5-9-14)11-6-2-1-3-7-11/h1-3,6-7,12H,4-5,8-10,13H2/p+2/t12-/m1/s1. The van der Waals surface area contributed by atoms with E-state index in [0.717, 1.165) is 6.54 Å². The number of hydrogen-bond donors (Lipinski definition) is 2. The summed E-state index contributed by atoms with van der Waals surface area (Å²) < 4.78 is 0. The second-order valence-corrected chi connectivity index (χ2v) is 4.12. The van der Waals surface area contributed by atoms with E-state index in [-0.39, 0.29) is 0 Å². The van der Waals surface area contributed by atoms with Gasteiger partial charge in [-0.1, -0.05) is 30.3 Å². The van der Waals surface area contributed by atoms with Crippen LogP contribution in [0.25, 0.3) is 0 Å². The van der Waals surface area contributed by atoms with Gasteiger partial charge < -0.3 is 10.6 Å². The maximum absolute atomic E-state index is 4.09. The lowest BCUT2D eigenvalue weighted by Gasteiger charge is -2.21. The second-order valence-electron chi connectivity index (χ2n) is 4.12. The number of benzene rings is 1. The lowest BCUT2D eigenvalue weighted by Crippen LogP contribution is -3.11. The fraction of sp³-hybridized carbons (Fsp3) is 0.500. The van der Waals surface area contributed by atoms with Crippen LogP contribution in [0.15, 0.2) is 30.3 Å². The van der Waals surface area contributed by atoms with Gasteiger partial charge in [0.25, 0.3) is 0 Å². The Balaban J connectivity index is 2.12. The molecule has 1 fully saturated rings. The number of hydrogen-bond acceptors (Lipinski definition) is 0. The number of rotatable bonds is 3. The van der Waals surface area contributed by atoms with Crippen LogP contribution in [0.3, 0.4) is 0 Å². The molecule has 0 bridgehead atoms. The highest BCUT2D eigenvalue weighted by Gasteiger charge is 2.27. The predicted octanol–water partition coefficient (Wildman–Crippen LogP) is -0.352. The van der Waals surface area contributed by atoms with Crippen molar-refractivity contribution in [1.29, 1.82) is 0 Å². The first-order valence-electron chi connectivity index (χ1n) is 5.60. The van der Waals surface area contributed by atoms with E-state index in [0.29, 0.717) is 6.04 Å². The molecule has 0 amide bonds. The highest BCUT2D eigenvalue weighted by atomic mass is 15.2. The SMILES string of the molecule is [NH3+]C[C@H](c1ccccc1)[NH+]1CCCC1. The third-order valence-electron chi connectivity index (χ3n) is 3.23. The second kappa shape index (κ2) is 4.58. The third-order valence-corrected chi connectivity index (χ3v) is 3.23. The monoisotopic (exact) mass is 192 g/mol. The van der Waals surface area contributed by atoms with Crippen molar-refractivity contribution in [2.45, 2.75) is 18.9 Å². The highest BCUT2D eigenvalue weighted by molar-refractivity contribution is 5.17. The molecular weight excluding hydrogens is 172 g/mol. The zero-order chi connectivity index (χ0) is 9.80. The molecule has 0 saturated carbocycles. The summed E-state index contributed by atoms with van der Waals surface area (Å²) in [5.74, 6) is 0. The summed E-state index contributed by atoms with van der Waals surface area (Å²) in [5, 5.41) is 0. The van der Waals surface area contributed by atoms with Gasteiger partial charge in [-0.25, -0.2) is 0 Å². The van der Waals surface area contributed by atoms with E-state index in [9.17, 15) is 0 Å². The van der Waals surface area contributed by atoms with Crippen LogP contribution < -0.4 is 10.6 Å². The Hall–Kier alpha value is -0.860. The zero-order valence-corrected chi connectivity index (χ0v) is 8.71. The van der Waals surface area contributed by atoms with Gasteiger partial charge in [-0.15, -0.1) is 0 Å². The molecule has 1 aromatic rings. The smallest absolute Gasteiger partial charge is 0.162 e. The molecule has 4 N–H and O–H groups in total. The van der Waals surface area contributed by atoms with Crippen molar-refractivity contribution < 1.29 is 10.6 Å². The first-order chi connectivity index (χ1) is 6.92. The van der Waals surface area contributed by atoms with Gasteiger partial charge in [0.15, 0.2) is 6.04 Å². The molecule has 2 nitrogen and oxygen atoms in total. The minimum Gasteiger partial charge on any atom is -0.352 e. The van der Waals surface area contributed by atoms with Crippen LogP contribution in [0.2, 0.25) is 0 Å². The summed E-state index contributed by atoms with van der Waals surface area (Å²) in [6, 6.07) is 11.4. The Morgan fingerprint density at radius 1 is 1.14 bits per heavy atom. The van der Waals surface area contributed by atoms with Crippen molar-refractivity contribution >= 4 is 0 Å². The minimum absolute atomic E-state index is 0.624. The molecule has 1 aliphatic rings. The molecule has 2 heteroatoms. The molecule has 0 radical (unpaired) electrons. The first-order valence-corrected chi connectivity index (χ1v) is 5.60. The quantitative estimate of drug-likeness (QED) is 0.656. The summed E-state index contributed by atoms with van der Waals surface area (Å²) in [6.45, 7) is 3.67. The van der Waals surface area contributed by atoms with Gasteiger partial charge >= 0.3 is 0 Å². The lowest BCUT2D eigenvalue weighted by molar-refractivity contribution is -0.926. The van der Waals surface area contributed by atoms with Gasteiger partial charge in [-0.3, -0.25) is 0 Å². The van der Waals surface area contributed by atoms with Crippen LogP contribution in [0.5, 0.6) is 0 Å². The van der Waals surface area contributed by atoms with Crippen LogP contribution in [0.4, 0.5) is 0 Å². The minimum atomic E-state index is 0.624. The average Bonchev–Trinajstić information content (AvgIpc) is 2.74. The first kappa shape index (κ1) is 9.69. The highest BCUT2D eigenvalue weighted by Crippen LogP contribution is 2.08. The third kappa shape index (κ3) is 1.97. The summed E-state index contributed by atoms with van der Waals surface area (Å²) in [4.78, 5) is 1.73. The Morgan fingerprint density at radius 3 is 2.36 bits per heavy atom. The molecule has 1 aromatic carbocycles. The Bertz CT molecular complexity index is 265. The molecule has 1 heterocycles. The molecule has 76 valence electrons. The largest absolute Gasteiger partial charge is 0.352 e. The van der Waals surface area contributed by atoms with E-state index in [4.69, 9.17) is 0 Å². The van der Waals surface area contributed by atoms with E-state index < -0.39 is 0 Å². The average molecular weight is 192 g/mol. The predicted molar refractivity (Wildman–Crippen MR) is 56.9 cm³/mol. The van der Waals surface area contributed by atoms with Crippen LogP contribution >= 0.6 is 0 Å². The molecule has 14 heavy (non-hydrogen) atoms. The summed E-state index contributed by atoms with van der Waals surface area (Å²) in [6.07, 6.45) is 2.78. The van der Waals surface area contributed by atoms with Gasteiger partial charge in [-0.05, 0) is 0 Å². The fourth-order valence-electron chi connectivity index (χ4n) is 2.47. The van der Waals surface area contributed by atoms with Gasteiger partial charge in [0.05, 0.1) is 13.1 Å². The topological polar surface area (TPSA) is 32.1 Å². The van der Waals surface area contributed by atoms with Crippen molar-refractivity contribution in [3.63, 3.8) is 0 Å². The molecule has 1 aliphatic heterocycles. The van der Waals surface area contributed by atoms with Crippen molar-refractivity contribution in [2.75, 3.05) is 19.6 Å². The van der Waals surface area contributed by atoms with Gasteiger partial charge in [0.1, 0.15) is 6.54 Å². The molecule has 1 saturated heterocycles. The van der Waals surface area contributed by atoms with Crippen LogP contribution in [0, 0.1) is 0 Å². The Kier molecular flexibility index (Phi) is 3.17. The normalized spacial score (nSPS) is 19.8. The van der Waals surface area contributed by atoms with Gasteiger partial charge in [-0.2, -0.15) is 0 Å². The van der Waals surface area contributed by atoms with Crippen molar-refractivity contribution in [3.05, 3.63) is 35.9 Å². The molecule has 2 rings (SSSR count). The molecule has 0 aliphatic carbocycles. The number of quaternary nitrogens is 2. The molecule has 0 unspecified atom stereocenters. The maximum atomic E-state index is 4.09. The number of nitrogens with one attached hydrogen (secondary N) is 1. The molecule has 0 aromatic heterocycles. The van der Waals surface area contributed by atoms with Crippen LogP contribution in [-0.4, -0.2) is 19.6 Å². The van der Waals surface area contributed by atoms with E-state index in [1.165, 1.54) is 31.5 Å².